The Morgan fingerprint density at radius 3 is 1.57 bits per heavy atom. The maximum absolute atomic E-state index is 5.77. The summed E-state index contributed by atoms with van der Waals surface area (Å²) in [5, 5.41) is 0. The molecular weight excluding hydrogens is 328 g/mol. The third-order valence-electron chi connectivity index (χ3n) is 3.93. The molecule has 0 saturated heterocycles. The maximum atomic E-state index is 5.77. The lowest BCUT2D eigenvalue weighted by atomic mass is 10.2. The van der Waals surface area contributed by atoms with Crippen molar-refractivity contribution < 1.29 is 22.1 Å². The summed E-state index contributed by atoms with van der Waals surface area (Å²) < 4.78 is 27.9. The monoisotopic (exact) mass is 358 g/mol. The summed E-state index contributed by atoms with van der Waals surface area (Å²) >= 11 is 5.69. The van der Waals surface area contributed by atoms with Crippen molar-refractivity contribution in [2.24, 2.45) is 0 Å². The van der Waals surface area contributed by atoms with Crippen molar-refractivity contribution in [2.45, 2.75) is 43.8 Å². The molecular formula is C13H31ClO5Si2. The minimum Gasteiger partial charge on any atom is -0.398 e. The highest BCUT2D eigenvalue weighted by Crippen LogP contribution is 2.27. The lowest BCUT2D eigenvalue weighted by molar-refractivity contribution is 0.123. The van der Waals surface area contributed by atoms with E-state index in [1.54, 1.807) is 35.5 Å². The molecule has 0 aliphatic heterocycles. The quantitative estimate of drug-likeness (QED) is 0.270. The molecule has 0 fully saturated rings. The Morgan fingerprint density at radius 1 is 0.619 bits per heavy atom. The molecule has 8 heteroatoms. The molecule has 0 amide bonds. The fraction of sp³-hybridized carbons (Fsp3) is 1.00. The molecule has 0 saturated carbocycles. The maximum Gasteiger partial charge on any atom is 0.500 e. The van der Waals surface area contributed by atoms with Crippen molar-refractivity contribution in [2.75, 3.05) is 41.4 Å². The SMILES string of the molecule is CO[Si](CCCCCCCl)(CC[Si](OC)(OC)OC)OC. The summed E-state index contributed by atoms with van der Waals surface area (Å²) in [6.07, 6.45) is 4.50. The first-order valence-electron chi connectivity index (χ1n) is 7.39. The van der Waals surface area contributed by atoms with Gasteiger partial charge in [-0.25, -0.2) is 0 Å². The van der Waals surface area contributed by atoms with Gasteiger partial charge in [0, 0.05) is 47.5 Å². The van der Waals surface area contributed by atoms with Crippen molar-refractivity contribution in [1.29, 1.82) is 0 Å². The average Bonchev–Trinajstić information content (AvgIpc) is 2.54. The second-order valence-corrected chi connectivity index (χ2v) is 12.1. The Kier molecular flexibility index (Phi) is 12.3. The van der Waals surface area contributed by atoms with Crippen molar-refractivity contribution >= 4 is 29.0 Å². The van der Waals surface area contributed by atoms with E-state index in [4.69, 9.17) is 33.7 Å². The molecule has 0 aromatic carbocycles. The molecule has 0 heterocycles. The molecule has 0 rings (SSSR count). The van der Waals surface area contributed by atoms with Crippen LogP contribution in [0.4, 0.5) is 0 Å². The van der Waals surface area contributed by atoms with Crippen molar-refractivity contribution in [3.8, 4) is 0 Å². The fourth-order valence-electron chi connectivity index (χ4n) is 2.36. The highest BCUT2D eigenvalue weighted by atomic mass is 35.5. The summed E-state index contributed by atoms with van der Waals surface area (Å²) in [7, 11) is 3.62. The lowest BCUT2D eigenvalue weighted by Crippen LogP contribution is -2.47. The summed E-state index contributed by atoms with van der Waals surface area (Å²) in [5.74, 6) is 0.737. The van der Waals surface area contributed by atoms with Gasteiger partial charge in [-0.15, -0.1) is 11.6 Å². The number of hydrogen-bond acceptors (Lipinski definition) is 5. The van der Waals surface area contributed by atoms with Crippen molar-refractivity contribution in [1.82, 2.24) is 0 Å². The highest BCUT2D eigenvalue weighted by molar-refractivity contribution is 6.70. The van der Waals surface area contributed by atoms with Gasteiger partial charge in [-0.1, -0.05) is 19.3 Å². The largest absolute Gasteiger partial charge is 0.500 e. The Labute approximate surface area is 136 Å². The van der Waals surface area contributed by atoms with Gasteiger partial charge in [0.15, 0.2) is 0 Å². The van der Waals surface area contributed by atoms with Gasteiger partial charge in [0.2, 0.25) is 0 Å². The molecule has 128 valence electrons. The van der Waals surface area contributed by atoms with E-state index in [-0.39, 0.29) is 0 Å². The van der Waals surface area contributed by atoms with E-state index in [0.717, 1.165) is 43.7 Å². The predicted molar refractivity (Wildman–Crippen MR) is 90.2 cm³/mol. The van der Waals surface area contributed by atoms with Crippen LogP contribution in [-0.2, 0) is 22.1 Å². The molecule has 0 N–H and O–H groups in total. The van der Waals surface area contributed by atoms with E-state index < -0.39 is 17.4 Å². The van der Waals surface area contributed by atoms with E-state index in [0.29, 0.717) is 6.04 Å². The summed E-state index contributed by atoms with van der Waals surface area (Å²) in [6, 6.07) is 2.51. The van der Waals surface area contributed by atoms with Crippen LogP contribution < -0.4 is 0 Å². The van der Waals surface area contributed by atoms with Gasteiger partial charge in [-0.3, -0.25) is 0 Å². The average molecular weight is 359 g/mol. The zero-order valence-corrected chi connectivity index (χ0v) is 16.8. The van der Waals surface area contributed by atoms with Crippen LogP contribution in [0, 0.1) is 0 Å². The van der Waals surface area contributed by atoms with Crippen LogP contribution in [0.25, 0.3) is 0 Å². The second kappa shape index (κ2) is 12.0. The van der Waals surface area contributed by atoms with Crippen molar-refractivity contribution in [3.05, 3.63) is 0 Å². The van der Waals surface area contributed by atoms with Gasteiger partial charge in [0.05, 0.1) is 0 Å². The van der Waals surface area contributed by atoms with E-state index in [1.807, 2.05) is 0 Å². The van der Waals surface area contributed by atoms with Crippen molar-refractivity contribution in [3.63, 3.8) is 0 Å². The van der Waals surface area contributed by atoms with Crippen LogP contribution >= 0.6 is 11.6 Å². The zero-order valence-electron chi connectivity index (χ0n) is 14.1. The third kappa shape index (κ3) is 7.56. The molecule has 0 aromatic heterocycles. The topological polar surface area (TPSA) is 46.2 Å². The lowest BCUT2D eigenvalue weighted by Gasteiger charge is -2.31. The molecule has 0 aliphatic rings. The molecule has 0 atom stereocenters. The van der Waals surface area contributed by atoms with Gasteiger partial charge >= 0.3 is 17.4 Å². The molecule has 0 radical (unpaired) electrons. The highest BCUT2D eigenvalue weighted by Gasteiger charge is 2.44. The zero-order chi connectivity index (χ0) is 16.2. The first-order chi connectivity index (χ1) is 10.1. The van der Waals surface area contributed by atoms with Crippen LogP contribution in [-0.4, -0.2) is 58.8 Å². The number of alkyl halides is 1. The van der Waals surface area contributed by atoms with Crippen LogP contribution in [0.2, 0.25) is 18.1 Å². The standard InChI is InChI=1S/C13H31ClO5Si2/c1-15-20(16-2,11-9-7-6-8-10-14)12-13-21(17-3,18-4)19-5/h6-13H2,1-5H3. The van der Waals surface area contributed by atoms with Gasteiger partial charge in [-0.05, 0) is 18.5 Å². The molecule has 21 heavy (non-hydrogen) atoms. The molecule has 0 bridgehead atoms. The predicted octanol–water partition coefficient (Wildman–Crippen LogP) is 3.40. The molecule has 5 nitrogen and oxygen atoms in total. The molecule has 0 unspecified atom stereocenters. The molecule has 0 spiro atoms. The minimum atomic E-state index is -2.56. The van der Waals surface area contributed by atoms with Crippen LogP contribution in [0.5, 0.6) is 0 Å². The van der Waals surface area contributed by atoms with Gasteiger partial charge in [0.25, 0.3) is 0 Å². The van der Waals surface area contributed by atoms with Crippen LogP contribution in [0.1, 0.15) is 25.7 Å². The van der Waals surface area contributed by atoms with Crippen LogP contribution in [0.15, 0.2) is 0 Å². The minimum absolute atomic E-state index is 0.714. The van der Waals surface area contributed by atoms with E-state index in [2.05, 4.69) is 0 Å². The van der Waals surface area contributed by atoms with Gasteiger partial charge in [0.1, 0.15) is 0 Å². The van der Waals surface area contributed by atoms with Gasteiger partial charge < -0.3 is 22.1 Å². The number of unbranched alkanes of at least 4 members (excludes halogenated alkanes) is 3. The first kappa shape index (κ1) is 21.5. The summed E-state index contributed by atoms with van der Waals surface area (Å²) in [4.78, 5) is 0. The molecule has 0 aromatic rings. The van der Waals surface area contributed by atoms with E-state index >= 15 is 0 Å². The normalized spacial score (nSPS) is 12.9. The number of rotatable bonds is 14. The number of halogens is 1. The molecule has 0 aliphatic carbocycles. The Bertz CT molecular complexity index is 242. The second-order valence-electron chi connectivity index (χ2n) is 4.97. The van der Waals surface area contributed by atoms with E-state index in [1.165, 1.54) is 0 Å². The van der Waals surface area contributed by atoms with Gasteiger partial charge in [-0.2, -0.15) is 0 Å². The Morgan fingerprint density at radius 2 is 1.14 bits per heavy atom. The Hall–Kier alpha value is 0.524. The fourth-order valence-corrected chi connectivity index (χ4v) is 8.43. The van der Waals surface area contributed by atoms with E-state index in [9.17, 15) is 0 Å². The summed E-state index contributed by atoms with van der Waals surface area (Å²) in [5.41, 5.74) is 0. The summed E-state index contributed by atoms with van der Waals surface area (Å²) in [6.45, 7) is 0. The third-order valence-corrected chi connectivity index (χ3v) is 11.0. The smallest absolute Gasteiger partial charge is 0.398 e. The van der Waals surface area contributed by atoms with Crippen LogP contribution in [0.3, 0.4) is 0 Å². The first-order valence-corrected chi connectivity index (χ1v) is 12.1. The Balaban J connectivity index is 4.44. The number of hydrogen-bond donors (Lipinski definition) is 0.